The maximum atomic E-state index is 13.0. The highest BCUT2D eigenvalue weighted by Crippen LogP contribution is 2.45. The van der Waals surface area contributed by atoms with Crippen molar-refractivity contribution in [3.05, 3.63) is 42.4 Å². The van der Waals surface area contributed by atoms with E-state index in [1.54, 1.807) is 4.68 Å². The second kappa shape index (κ2) is 6.17. The van der Waals surface area contributed by atoms with Gasteiger partial charge in [0.15, 0.2) is 0 Å². The summed E-state index contributed by atoms with van der Waals surface area (Å²) in [5.41, 5.74) is 1.03. The van der Waals surface area contributed by atoms with Crippen LogP contribution in [0.4, 0.5) is 5.82 Å². The van der Waals surface area contributed by atoms with Crippen LogP contribution in [0, 0.1) is 0 Å². The van der Waals surface area contributed by atoms with Crippen molar-refractivity contribution < 1.29 is 4.79 Å². The summed E-state index contributed by atoms with van der Waals surface area (Å²) in [6, 6.07) is 6.04. The van der Waals surface area contributed by atoms with Gasteiger partial charge in [0, 0.05) is 50.2 Å². The molecule has 1 unspecified atom stereocenters. The number of hydrogen-bond donors (Lipinski definition) is 0. The Bertz CT molecular complexity index is 748. The van der Waals surface area contributed by atoms with E-state index in [9.17, 15) is 4.79 Å². The number of likely N-dealkylation sites (N-methyl/N-ethyl adjacent to an activating group) is 1. The maximum absolute atomic E-state index is 13.0. The lowest BCUT2D eigenvalue weighted by Crippen LogP contribution is -2.53. The molecule has 0 N–H and O–H groups in total. The zero-order chi connectivity index (χ0) is 17.4. The van der Waals surface area contributed by atoms with Crippen LogP contribution in [-0.2, 0) is 11.8 Å². The third-order valence-corrected chi connectivity index (χ3v) is 5.83. The van der Waals surface area contributed by atoms with Gasteiger partial charge in [0.1, 0.15) is 5.82 Å². The lowest BCUT2D eigenvalue weighted by molar-refractivity contribution is -0.132. The standard InChI is InChI=1S/C19H25N5O/c1-3-24-18(25)16(15-13-21-22(2)14-15)12-19(24)7-10-23(11-8-19)17-6-4-5-9-20-17/h4-6,9,13-14,16H,3,7-8,10-12H2,1-2H3. The number of likely N-dealkylation sites (tertiary alicyclic amines) is 1. The Morgan fingerprint density at radius 2 is 2.08 bits per heavy atom. The van der Waals surface area contributed by atoms with Crippen molar-refractivity contribution in [3.63, 3.8) is 0 Å². The summed E-state index contributed by atoms with van der Waals surface area (Å²) in [5.74, 6) is 1.25. The van der Waals surface area contributed by atoms with Crippen LogP contribution in [-0.4, -0.2) is 50.7 Å². The van der Waals surface area contributed by atoms with Gasteiger partial charge >= 0.3 is 0 Å². The number of aromatic nitrogens is 3. The van der Waals surface area contributed by atoms with Crippen LogP contribution < -0.4 is 4.90 Å². The molecule has 132 valence electrons. The fourth-order valence-corrected chi connectivity index (χ4v) is 4.54. The van der Waals surface area contributed by atoms with Gasteiger partial charge in [-0.2, -0.15) is 5.10 Å². The van der Waals surface area contributed by atoms with E-state index in [-0.39, 0.29) is 17.4 Å². The summed E-state index contributed by atoms with van der Waals surface area (Å²) in [5, 5.41) is 4.26. The first-order valence-corrected chi connectivity index (χ1v) is 9.09. The molecule has 4 rings (SSSR count). The van der Waals surface area contributed by atoms with Gasteiger partial charge in [-0.1, -0.05) is 6.07 Å². The molecule has 6 heteroatoms. The molecule has 0 bridgehead atoms. The van der Waals surface area contributed by atoms with Gasteiger partial charge in [-0.3, -0.25) is 9.48 Å². The lowest BCUT2D eigenvalue weighted by atomic mass is 9.81. The number of amides is 1. The minimum absolute atomic E-state index is 0.0162. The van der Waals surface area contributed by atoms with Crippen molar-refractivity contribution in [2.45, 2.75) is 37.6 Å². The van der Waals surface area contributed by atoms with E-state index < -0.39 is 0 Å². The first-order valence-electron chi connectivity index (χ1n) is 9.09. The molecule has 25 heavy (non-hydrogen) atoms. The van der Waals surface area contributed by atoms with Crippen LogP contribution in [0.1, 0.15) is 37.7 Å². The summed E-state index contributed by atoms with van der Waals surface area (Å²) >= 11 is 0. The smallest absolute Gasteiger partial charge is 0.230 e. The van der Waals surface area contributed by atoms with Gasteiger partial charge in [-0.25, -0.2) is 4.98 Å². The molecule has 0 saturated carbocycles. The molecular formula is C19H25N5O. The zero-order valence-electron chi connectivity index (χ0n) is 14.9. The molecule has 1 spiro atoms. The molecule has 2 aliphatic heterocycles. The number of aryl methyl sites for hydroxylation is 1. The van der Waals surface area contributed by atoms with Gasteiger partial charge < -0.3 is 9.80 Å². The second-order valence-electron chi connectivity index (χ2n) is 7.19. The van der Waals surface area contributed by atoms with Crippen LogP contribution >= 0.6 is 0 Å². The van der Waals surface area contributed by atoms with Crippen LogP contribution in [0.15, 0.2) is 36.8 Å². The number of anilines is 1. The van der Waals surface area contributed by atoms with Gasteiger partial charge in [0.2, 0.25) is 5.91 Å². The predicted molar refractivity (Wildman–Crippen MR) is 96.4 cm³/mol. The number of carbonyl (C=O) groups excluding carboxylic acids is 1. The van der Waals surface area contributed by atoms with Gasteiger partial charge in [-0.05, 0) is 38.3 Å². The molecule has 4 heterocycles. The first kappa shape index (κ1) is 16.1. The predicted octanol–water partition coefficient (Wildman–Crippen LogP) is 2.19. The normalized spacial score (nSPS) is 22.8. The topological polar surface area (TPSA) is 54.3 Å². The number of piperidine rings is 1. The van der Waals surface area contributed by atoms with Crippen molar-refractivity contribution in [1.29, 1.82) is 0 Å². The van der Waals surface area contributed by atoms with E-state index in [4.69, 9.17) is 0 Å². The SMILES string of the molecule is CCN1C(=O)C(c2cnn(C)c2)CC12CCN(c1ccccn1)CC2. The molecule has 2 fully saturated rings. The van der Waals surface area contributed by atoms with E-state index in [0.717, 1.165) is 50.3 Å². The van der Waals surface area contributed by atoms with Gasteiger partial charge in [0.05, 0.1) is 12.1 Å². The van der Waals surface area contributed by atoms with Crippen molar-refractivity contribution in [2.24, 2.45) is 7.05 Å². The number of carbonyl (C=O) groups is 1. The Labute approximate surface area is 148 Å². The Morgan fingerprint density at radius 3 is 2.68 bits per heavy atom. The molecule has 1 atom stereocenters. The Kier molecular flexibility index (Phi) is 3.98. The molecule has 2 aromatic rings. The maximum Gasteiger partial charge on any atom is 0.230 e. The van der Waals surface area contributed by atoms with Crippen molar-refractivity contribution in [2.75, 3.05) is 24.5 Å². The Balaban J connectivity index is 1.54. The van der Waals surface area contributed by atoms with Crippen molar-refractivity contribution in [1.82, 2.24) is 19.7 Å². The minimum atomic E-state index is -0.0462. The van der Waals surface area contributed by atoms with Crippen molar-refractivity contribution >= 4 is 11.7 Å². The van der Waals surface area contributed by atoms with Gasteiger partial charge in [0.25, 0.3) is 0 Å². The molecule has 0 radical (unpaired) electrons. The number of nitrogens with zero attached hydrogens (tertiary/aromatic N) is 5. The average molecular weight is 339 g/mol. The molecule has 2 aliphatic rings. The molecule has 2 aromatic heterocycles. The molecule has 6 nitrogen and oxygen atoms in total. The van der Waals surface area contributed by atoms with E-state index in [0.29, 0.717) is 0 Å². The fraction of sp³-hybridized carbons (Fsp3) is 0.526. The summed E-state index contributed by atoms with van der Waals surface area (Å²) in [6.45, 7) is 4.76. The van der Waals surface area contributed by atoms with Crippen LogP contribution in [0.25, 0.3) is 0 Å². The Morgan fingerprint density at radius 1 is 1.28 bits per heavy atom. The summed E-state index contributed by atoms with van der Waals surface area (Å²) in [6.07, 6.45) is 8.58. The van der Waals surface area contributed by atoms with Crippen molar-refractivity contribution in [3.8, 4) is 0 Å². The average Bonchev–Trinajstić information content (AvgIpc) is 3.18. The first-order chi connectivity index (χ1) is 12.1. The van der Waals surface area contributed by atoms with Crippen LogP contribution in [0.3, 0.4) is 0 Å². The summed E-state index contributed by atoms with van der Waals surface area (Å²) in [4.78, 5) is 22.0. The third-order valence-electron chi connectivity index (χ3n) is 5.83. The number of hydrogen-bond acceptors (Lipinski definition) is 4. The Hall–Kier alpha value is -2.37. The highest BCUT2D eigenvalue weighted by atomic mass is 16.2. The van der Waals surface area contributed by atoms with E-state index in [1.165, 1.54) is 0 Å². The lowest BCUT2D eigenvalue weighted by Gasteiger charge is -2.45. The highest BCUT2D eigenvalue weighted by Gasteiger charge is 2.51. The summed E-state index contributed by atoms with van der Waals surface area (Å²) < 4.78 is 1.79. The summed E-state index contributed by atoms with van der Waals surface area (Å²) in [7, 11) is 1.90. The molecule has 1 amide bonds. The fourth-order valence-electron chi connectivity index (χ4n) is 4.54. The zero-order valence-corrected chi connectivity index (χ0v) is 14.9. The number of rotatable bonds is 3. The third kappa shape index (κ3) is 2.69. The van der Waals surface area contributed by atoms with E-state index >= 15 is 0 Å². The molecule has 2 saturated heterocycles. The molecule has 0 aromatic carbocycles. The molecular weight excluding hydrogens is 314 g/mol. The second-order valence-corrected chi connectivity index (χ2v) is 7.19. The van der Waals surface area contributed by atoms with Crippen LogP contribution in [0.5, 0.6) is 0 Å². The minimum Gasteiger partial charge on any atom is -0.356 e. The van der Waals surface area contributed by atoms with E-state index in [1.807, 2.05) is 37.8 Å². The van der Waals surface area contributed by atoms with Crippen LogP contribution in [0.2, 0.25) is 0 Å². The van der Waals surface area contributed by atoms with Gasteiger partial charge in [-0.15, -0.1) is 0 Å². The monoisotopic (exact) mass is 339 g/mol. The molecule has 0 aliphatic carbocycles. The highest BCUT2D eigenvalue weighted by molar-refractivity contribution is 5.87. The quantitative estimate of drug-likeness (QED) is 0.860. The largest absolute Gasteiger partial charge is 0.356 e. The van der Waals surface area contributed by atoms with E-state index in [2.05, 4.69) is 32.9 Å². The number of pyridine rings is 1.